The average Bonchev–Trinajstić information content (AvgIpc) is 2.67. The van der Waals surface area contributed by atoms with E-state index in [0.29, 0.717) is 6.54 Å². The Bertz CT molecular complexity index is 565. The largest absolute Gasteiger partial charge is 0.394 e. The summed E-state index contributed by atoms with van der Waals surface area (Å²) < 4.78 is 6.51. The molecule has 2 heterocycles. The summed E-state index contributed by atoms with van der Waals surface area (Å²) in [4.78, 5) is 25.3. The molecular formula is C11H16N2O6. The Morgan fingerprint density at radius 3 is 2.58 bits per heavy atom. The molecule has 1 aromatic heterocycles. The van der Waals surface area contributed by atoms with E-state index in [-0.39, 0.29) is 5.56 Å². The number of aliphatic hydroxyl groups is 3. The summed E-state index contributed by atoms with van der Waals surface area (Å²) in [6.07, 6.45) is -3.35. The Labute approximate surface area is 107 Å². The second-order valence-corrected chi connectivity index (χ2v) is 4.39. The van der Waals surface area contributed by atoms with Crippen LogP contribution in [0.2, 0.25) is 0 Å². The third kappa shape index (κ3) is 2.35. The molecular weight excluding hydrogens is 256 g/mol. The van der Waals surface area contributed by atoms with Crippen molar-refractivity contribution in [1.29, 1.82) is 0 Å². The van der Waals surface area contributed by atoms with Crippen molar-refractivity contribution in [1.82, 2.24) is 9.55 Å². The predicted molar refractivity (Wildman–Crippen MR) is 63.7 cm³/mol. The maximum Gasteiger partial charge on any atom is 0.328 e. The van der Waals surface area contributed by atoms with Gasteiger partial charge in [0, 0.05) is 12.7 Å². The van der Waals surface area contributed by atoms with Gasteiger partial charge in [0.1, 0.15) is 24.4 Å². The van der Waals surface area contributed by atoms with Gasteiger partial charge in [0.05, 0.1) is 12.2 Å². The summed E-state index contributed by atoms with van der Waals surface area (Å²) >= 11 is 0. The topological polar surface area (TPSA) is 125 Å². The Kier molecular flexibility index (Phi) is 3.85. The lowest BCUT2D eigenvalue weighted by Gasteiger charge is -2.15. The number of H-pyrrole nitrogens is 1. The fraction of sp³-hybridized carbons (Fsp3) is 0.636. The maximum absolute atomic E-state index is 11.7. The zero-order chi connectivity index (χ0) is 14.2. The minimum Gasteiger partial charge on any atom is -0.394 e. The van der Waals surface area contributed by atoms with Gasteiger partial charge in [0.15, 0.2) is 0 Å². The van der Waals surface area contributed by atoms with Gasteiger partial charge in [-0.05, 0) is 6.92 Å². The number of rotatable bonds is 3. The van der Waals surface area contributed by atoms with E-state index in [4.69, 9.17) is 9.84 Å². The first-order valence-corrected chi connectivity index (χ1v) is 5.95. The molecule has 0 bridgehead atoms. The standard InChI is InChI=1S/C11H16N2O6/c1-2-13-3-5(10(17)12-11(13)18)9-8(16)7(15)6(4-14)19-9/h3,6-9,14-16H,2,4H2,1H3,(H,12,17,18)/t6-,7+,8+,9+/m1/s1. The van der Waals surface area contributed by atoms with Crippen molar-refractivity contribution in [2.45, 2.75) is 37.9 Å². The van der Waals surface area contributed by atoms with Crippen LogP contribution in [0.1, 0.15) is 18.6 Å². The van der Waals surface area contributed by atoms with E-state index in [9.17, 15) is 19.8 Å². The Hall–Kier alpha value is -1.48. The van der Waals surface area contributed by atoms with Crippen LogP contribution < -0.4 is 11.2 Å². The highest BCUT2D eigenvalue weighted by atomic mass is 16.6. The van der Waals surface area contributed by atoms with E-state index in [1.165, 1.54) is 10.8 Å². The van der Waals surface area contributed by atoms with E-state index < -0.39 is 42.3 Å². The molecule has 0 aliphatic carbocycles. The fourth-order valence-electron chi connectivity index (χ4n) is 2.12. The lowest BCUT2D eigenvalue weighted by atomic mass is 10.0. The number of hydrogen-bond acceptors (Lipinski definition) is 6. The van der Waals surface area contributed by atoms with Gasteiger partial charge in [-0.3, -0.25) is 9.78 Å². The molecule has 4 atom stereocenters. The van der Waals surface area contributed by atoms with E-state index >= 15 is 0 Å². The van der Waals surface area contributed by atoms with Crippen LogP contribution in [0.5, 0.6) is 0 Å². The van der Waals surface area contributed by atoms with Crippen LogP contribution >= 0.6 is 0 Å². The number of nitrogens with one attached hydrogen (secondary N) is 1. The van der Waals surface area contributed by atoms with Crippen LogP contribution in [0.4, 0.5) is 0 Å². The van der Waals surface area contributed by atoms with E-state index in [0.717, 1.165) is 0 Å². The first kappa shape index (κ1) is 13.9. The molecule has 4 N–H and O–H groups in total. The van der Waals surface area contributed by atoms with E-state index in [2.05, 4.69) is 4.98 Å². The molecule has 0 amide bonds. The third-order valence-electron chi connectivity index (χ3n) is 3.23. The molecule has 0 spiro atoms. The summed E-state index contributed by atoms with van der Waals surface area (Å²) in [5.41, 5.74) is -1.18. The molecule has 8 nitrogen and oxygen atoms in total. The van der Waals surface area contributed by atoms with Crippen LogP contribution in [-0.2, 0) is 11.3 Å². The minimum absolute atomic E-state index is 0.0453. The highest BCUT2D eigenvalue weighted by Gasteiger charge is 2.44. The highest BCUT2D eigenvalue weighted by Crippen LogP contribution is 2.31. The molecule has 1 aliphatic heterocycles. The zero-order valence-electron chi connectivity index (χ0n) is 10.3. The van der Waals surface area contributed by atoms with E-state index in [1.807, 2.05) is 0 Å². The molecule has 106 valence electrons. The molecule has 1 aromatic rings. The molecule has 0 aromatic carbocycles. The molecule has 0 radical (unpaired) electrons. The zero-order valence-corrected chi connectivity index (χ0v) is 10.3. The highest BCUT2D eigenvalue weighted by molar-refractivity contribution is 5.14. The smallest absolute Gasteiger partial charge is 0.328 e. The lowest BCUT2D eigenvalue weighted by Crippen LogP contribution is -2.35. The molecule has 8 heteroatoms. The van der Waals surface area contributed by atoms with Gasteiger partial charge < -0.3 is 24.6 Å². The van der Waals surface area contributed by atoms with Crippen molar-refractivity contribution in [2.75, 3.05) is 6.61 Å². The summed E-state index contributed by atoms with van der Waals surface area (Å²) in [7, 11) is 0. The van der Waals surface area contributed by atoms with Crippen molar-refractivity contribution < 1.29 is 20.1 Å². The number of aromatic amines is 1. The Balaban J connectivity index is 2.43. The molecule has 1 aliphatic rings. The number of aliphatic hydroxyl groups excluding tert-OH is 3. The van der Waals surface area contributed by atoms with Crippen molar-refractivity contribution in [3.05, 3.63) is 32.6 Å². The van der Waals surface area contributed by atoms with Crippen LogP contribution in [0, 0.1) is 0 Å². The van der Waals surface area contributed by atoms with Crippen LogP contribution in [0.25, 0.3) is 0 Å². The number of hydrogen-bond donors (Lipinski definition) is 4. The second-order valence-electron chi connectivity index (χ2n) is 4.39. The van der Waals surface area contributed by atoms with Crippen molar-refractivity contribution in [3.8, 4) is 0 Å². The quantitative estimate of drug-likeness (QED) is 0.491. The number of aromatic nitrogens is 2. The SMILES string of the molecule is CCn1cc([C@@H]2O[C@H](CO)[C@H](O)[C@@H]2O)c(=O)[nH]c1=O. The molecule has 1 saturated heterocycles. The van der Waals surface area contributed by atoms with Gasteiger partial charge in [-0.15, -0.1) is 0 Å². The Morgan fingerprint density at radius 1 is 1.37 bits per heavy atom. The predicted octanol–water partition coefficient (Wildman–Crippen LogP) is -2.29. The Morgan fingerprint density at radius 2 is 2.05 bits per heavy atom. The molecule has 2 rings (SSSR count). The summed E-state index contributed by atoms with van der Waals surface area (Å²) in [5.74, 6) is 0. The minimum atomic E-state index is -1.33. The van der Waals surface area contributed by atoms with Crippen molar-refractivity contribution in [3.63, 3.8) is 0 Å². The lowest BCUT2D eigenvalue weighted by molar-refractivity contribution is -0.0233. The van der Waals surface area contributed by atoms with Gasteiger partial charge in [-0.1, -0.05) is 0 Å². The van der Waals surface area contributed by atoms with Gasteiger partial charge in [0.25, 0.3) is 5.56 Å². The summed E-state index contributed by atoms with van der Waals surface area (Å²) in [6.45, 7) is 1.60. The van der Waals surface area contributed by atoms with Crippen LogP contribution in [0.3, 0.4) is 0 Å². The maximum atomic E-state index is 11.7. The average molecular weight is 272 g/mol. The monoisotopic (exact) mass is 272 g/mol. The van der Waals surface area contributed by atoms with Gasteiger partial charge >= 0.3 is 5.69 Å². The fourth-order valence-corrected chi connectivity index (χ4v) is 2.12. The first-order valence-electron chi connectivity index (χ1n) is 5.95. The second kappa shape index (κ2) is 5.25. The number of ether oxygens (including phenoxy) is 1. The van der Waals surface area contributed by atoms with Gasteiger partial charge in [-0.2, -0.15) is 0 Å². The van der Waals surface area contributed by atoms with Crippen LogP contribution in [0.15, 0.2) is 15.8 Å². The number of aryl methyl sites for hydroxylation is 1. The normalized spacial score (nSPS) is 30.7. The van der Waals surface area contributed by atoms with Crippen molar-refractivity contribution in [2.24, 2.45) is 0 Å². The molecule has 0 unspecified atom stereocenters. The molecule has 19 heavy (non-hydrogen) atoms. The first-order chi connectivity index (χ1) is 8.99. The summed E-state index contributed by atoms with van der Waals surface area (Å²) in [5, 5.41) is 28.5. The van der Waals surface area contributed by atoms with Gasteiger partial charge in [0.2, 0.25) is 0 Å². The summed E-state index contributed by atoms with van der Waals surface area (Å²) in [6, 6.07) is 0. The molecule has 0 saturated carbocycles. The number of nitrogens with zero attached hydrogens (tertiary/aromatic N) is 1. The third-order valence-corrected chi connectivity index (χ3v) is 3.23. The van der Waals surface area contributed by atoms with Gasteiger partial charge in [-0.25, -0.2) is 4.79 Å². The van der Waals surface area contributed by atoms with Crippen molar-refractivity contribution >= 4 is 0 Å². The van der Waals surface area contributed by atoms with Crippen LogP contribution in [-0.4, -0.2) is 49.8 Å². The van der Waals surface area contributed by atoms with E-state index in [1.54, 1.807) is 6.92 Å². The molecule has 1 fully saturated rings.